The standard InChI is InChI=1S/C21H23Cl2N7O/c1-12(2)26-20-24-10-14-6-8-30(11-18(14)27-20)21(31)28-19(17-5-7-25-29-17)13-3-4-15(22)16(23)9-13/h3-5,7,9-10,12,19H,6,8,11H2,1-2H3,(H,25,29)(H,28,31)(H,24,26,27). The maximum Gasteiger partial charge on any atom is 0.318 e. The van der Waals surface area contributed by atoms with Gasteiger partial charge in [-0.15, -0.1) is 0 Å². The van der Waals surface area contributed by atoms with Gasteiger partial charge in [0.15, 0.2) is 0 Å². The summed E-state index contributed by atoms with van der Waals surface area (Å²) >= 11 is 12.3. The maximum absolute atomic E-state index is 13.2. The van der Waals surface area contributed by atoms with Gasteiger partial charge in [-0.3, -0.25) is 5.10 Å². The highest BCUT2D eigenvalue weighted by Crippen LogP contribution is 2.29. The second-order valence-corrected chi connectivity index (χ2v) is 8.52. The Bertz CT molecular complexity index is 1070. The first kappa shape index (κ1) is 21.4. The molecule has 8 nitrogen and oxygen atoms in total. The Labute approximate surface area is 190 Å². The van der Waals surface area contributed by atoms with E-state index in [1.54, 1.807) is 23.2 Å². The molecule has 0 fully saturated rings. The van der Waals surface area contributed by atoms with Gasteiger partial charge >= 0.3 is 6.03 Å². The minimum absolute atomic E-state index is 0.201. The highest BCUT2D eigenvalue weighted by Gasteiger charge is 2.26. The van der Waals surface area contributed by atoms with Gasteiger partial charge in [-0.25, -0.2) is 14.8 Å². The zero-order valence-electron chi connectivity index (χ0n) is 17.2. The Morgan fingerprint density at radius 3 is 2.77 bits per heavy atom. The molecule has 4 rings (SSSR count). The number of aromatic amines is 1. The minimum Gasteiger partial charge on any atom is -0.352 e. The summed E-state index contributed by atoms with van der Waals surface area (Å²) in [5.74, 6) is 0.571. The average molecular weight is 460 g/mol. The SMILES string of the molecule is CC(C)Nc1ncc2c(n1)CN(C(=O)NC(c1ccc(Cl)c(Cl)c1)c1ccn[nH]1)CC2. The quantitative estimate of drug-likeness (QED) is 0.531. The van der Waals surface area contributed by atoms with E-state index in [-0.39, 0.29) is 12.1 Å². The van der Waals surface area contributed by atoms with Crippen LogP contribution in [0, 0.1) is 0 Å². The molecular formula is C21H23Cl2N7O. The molecule has 3 aromatic rings. The normalized spacial score (nSPS) is 14.3. The average Bonchev–Trinajstić information content (AvgIpc) is 3.27. The van der Waals surface area contributed by atoms with Gasteiger partial charge in [0, 0.05) is 25.0 Å². The van der Waals surface area contributed by atoms with Crippen LogP contribution in [-0.4, -0.2) is 43.7 Å². The van der Waals surface area contributed by atoms with Crippen LogP contribution in [0.2, 0.25) is 10.0 Å². The van der Waals surface area contributed by atoms with Crippen molar-refractivity contribution >= 4 is 35.2 Å². The Morgan fingerprint density at radius 1 is 1.23 bits per heavy atom. The molecule has 31 heavy (non-hydrogen) atoms. The smallest absolute Gasteiger partial charge is 0.318 e. The van der Waals surface area contributed by atoms with Crippen LogP contribution < -0.4 is 10.6 Å². The fourth-order valence-electron chi connectivity index (χ4n) is 3.48. The van der Waals surface area contributed by atoms with Crippen molar-refractivity contribution < 1.29 is 4.79 Å². The van der Waals surface area contributed by atoms with Crippen molar-refractivity contribution in [3.05, 3.63) is 69.2 Å². The highest BCUT2D eigenvalue weighted by atomic mass is 35.5. The molecular weight excluding hydrogens is 437 g/mol. The number of H-pyrrole nitrogens is 1. The lowest BCUT2D eigenvalue weighted by molar-refractivity contribution is 0.188. The molecule has 1 aromatic carbocycles. The Kier molecular flexibility index (Phi) is 6.29. The topological polar surface area (TPSA) is 98.8 Å². The third kappa shape index (κ3) is 4.91. The predicted octanol–water partition coefficient (Wildman–Crippen LogP) is 4.18. The Morgan fingerprint density at radius 2 is 2.06 bits per heavy atom. The van der Waals surface area contributed by atoms with Gasteiger partial charge in [0.25, 0.3) is 0 Å². The number of hydrogen-bond acceptors (Lipinski definition) is 5. The maximum atomic E-state index is 13.2. The van der Waals surface area contributed by atoms with Crippen molar-refractivity contribution in [3.63, 3.8) is 0 Å². The summed E-state index contributed by atoms with van der Waals surface area (Å²) in [5, 5.41) is 14.1. The van der Waals surface area contributed by atoms with Gasteiger partial charge in [0.2, 0.25) is 5.95 Å². The first-order valence-corrected chi connectivity index (χ1v) is 10.8. The molecule has 3 N–H and O–H groups in total. The number of rotatable bonds is 5. The molecule has 0 saturated carbocycles. The van der Waals surface area contributed by atoms with Crippen LogP contribution in [0.15, 0.2) is 36.7 Å². The summed E-state index contributed by atoms with van der Waals surface area (Å²) in [5.41, 5.74) is 3.46. The second-order valence-electron chi connectivity index (χ2n) is 7.70. The van der Waals surface area contributed by atoms with E-state index in [2.05, 4.69) is 30.8 Å². The van der Waals surface area contributed by atoms with E-state index in [0.29, 0.717) is 35.5 Å². The number of benzene rings is 1. The molecule has 1 aliphatic rings. The zero-order chi connectivity index (χ0) is 22.0. The number of amides is 2. The van der Waals surface area contributed by atoms with Gasteiger partial charge in [-0.05, 0) is 49.6 Å². The van der Waals surface area contributed by atoms with E-state index in [9.17, 15) is 4.79 Å². The van der Waals surface area contributed by atoms with Crippen LogP contribution in [0.3, 0.4) is 0 Å². The van der Waals surface area contributed by atoms with Crippen LogP contribution in [0.1, 0.15) is 42.4 Å². The molecule has 2 aromatic heterocycles. The van der Waals surface area contributed by atoms with E-state index < -0.39 is 6.04 Å². The summed E-state index contributed by atoms with van der Waals surface area (Å²) < 4.78 is 0. The first-order valence-electron chi connectivity index (χ1n) is 10.0. The predicted molar refractivity (Wildman–Crippen MR) is 120 cm³/mol. The van der Waals surface area contributed by atoms with E-state index >= 15 is 0 Å². The summed E-state index contributed by atoms with van der Waals surface area (Å²) in [4.78, 5) is 23.9. The Balaban J connectivity index is 1.53. The lowest BCUT2D eigenvalue weighted by Crippen LogP contribution is -2.44. The number of carbonyl (C=O) groups is 1. The first-order chi connectivity index (χ1) is 14.9. The fourth-order valence-corrected chi connectivity index (χ4v) is 3.79. The number of nitrogens with zero attached hydrogens (tertiary/aromatic N) is 4. The van der Waals surface area contributed by atoms with Crippen molar-refractivity contribution in [1.82, 2.24) is 30.4 Å². The van der Waals surface area contributed by atoms with E-state index in [0.717, 1.165) is 22.5 Å². The van der Waals surface area contributed by atoms with Gasteiger partial charge < -0.3 is 15.5 Å². The number of carbonyl (C=O) groups excluding carboxylic acids is 1. The molecule has 0 bridgehead atoms. The van der Waals surface area contributed by atoms with E-state index in [1.165, 1.54) is 0 Å². The summed E-state index contributed by atoms with van der Waals surface area (Å²) in [6, 6.07) is 6.69. The van der Waals surface area contributed by atoms with Crippen molar-refractivity contribution in [2.75, 3.05) is 11.9 Å². The lowest BCUT2D eigenvalue weighted by atomic mass is 10.0. The van der Waals surface area contributed by atoms with Crippen LogP contribution >= 0.6 is 23.2 Å². The van der Waals surface area contributed by atoms with E-state index in [1.807, 2.05) is 32.2 Å². The summed E-state index contributed by atoms with van der Waals surface area (Å²) in [7, 11) is 0. The number of aromatic nitrogens is 4. The zero-order valence-corrected chi connectivity index (χ0v) is 18.7. The van der Waals surface area contributed by atoms with Gasteiger partial charge in [-0.1, -0.05) is 29.3 Å². The molecule has 10 heteroatoms. The molecule has 0 saturated heterocycles. The number of urea groups is 1. The van der Waals surface area contributed by atoms with Gasteiger partial charge in [0.05, 0.1) is 34.0 Å². The number of fused-ring (bicyclic) bond motifs is 1. The third-order valence-corrected chi connectivity index (χ3v) is 5.77. The van der Waals surface area contributed by atoms with Crippen molar-refractivity contribution in [3.8, 4) is 0 Å². The molecule has 162 valence electrons. The monoisotopic (exact) mass is 459 g/mol. The summed E-state index contributed by atoms with van der Waals surface area (Å²) in [6.07, 6.45) is 4.18. The lowest BCUT2D eigenvalue weighted by Gasteiger charge is -2.30. The fraction of sp³-hybridized carbons (Fsp3) is 0.333. The van der Waals surface area contributed by atoms with Crippen LogP contribution in [0.5, 0.6) is 0 Å². The molecule has 3 heterocycles. The summed E-state index contributed by atoms with van der Waals surface area (Å²) in [6.45, 7) is 5.05. The largest absolute Gasteiger partial charge is 0.352 e. The Hall–Kier alpha value is -2.84. The van der Waals surface area contributed by atoms with Crippen LogP contribution in [0.4, 0.5) is 10.7 Å². The third-order valence-electron chi connectivity index (χ3n) is 5.03. The molecule has 1 unspecified atom stereocenters. The molecule has 1 atom stereocenters. The van der Waals surface area contributed by atoms with Crippen molar-refractivity contribution in [2.24, 2.45) is 0 Å². The minimum atomic E-state index is -0.449. The van der Waals surface area contributed by atoms with Gasteiger partial charge in [-0.2, -0.15) is 5.10 Å². The van der Waals surface area contributed by atoms with Crippen LogP contribution in [0.25, 0.3) is 0 Å². The molecule has 0 aliphatic carbocycles. The highest BCUT2D eigenvalue weighted by molar-refractivity contribution is 6.42. The van der Waals surface area contributed by atoms with Crippen molar-refractivity contribution in [2.45, 2.75) is 38.9 Å². The number of hydrogen-bond donors (Lipinski definition) is 3. The van der Waals surface area contributed by atoms with Gasteiger partial charge in [0.1, 0.15) is 0 Å². The number of nitrogens with one attached hydrogen (secondary N) is 3. The van der Waals surface area contributed by atoms with E-state index in [4.69, 9.17) is 23.2 Å². The molecule has 0 spiro atoms. The molecule has 2 amide bonds. The van der Waals surface area contributed by atoms with Crippen LogP contribution in [-0.2, 0) is 13.0 Å². The van der Waals surface area contributed by atoms with Crippen molar-refractivity contribution in [1.29, 1.82) is 0 Å². The number of anilines is 1. The second kappa shape index (κ2) is 9.11. The molecule has 0 radical (unpaired) electrons. The number of halogens is 2. The molecule has 1 aliphatic heterocycles.